The summed E-state index contributed by atoms with van der Waals surface area (Å²) in [4.78, 5) is 4.51. The van der Waals surface area contributed by atoms with Crippen molar-refractivity contribution in [1.82, 2.24) is 14.7 Å². The first-order valence-electron chi connectivity index (χ1n) is 8.71. The summed E-state index contributed by atoms with van der Waals surface area (Å²) in [6, 6.07) is 24.9. The van der Waals surface area contributed by atoms with E-state index >= 15 is 0 Å². The normalized spacial score (nSPS) is 11.0. The number of benzene rings is 3. The minimum atomic E-state index is 0.390. The average Bonchev–Trinajstić information content (AvgIpc) is 3.37. The number of halogens is 1. The Morgan fingerprint density at radius 1 is 0.893 bits per heavy atom. The predicted molar refractivity (Wildman–Crippen MR) is 108 cm³/mol. The molecule has 5 rings (SSSR count). The Hall–Kier alpha value is -3.57. The molecule has 0 aliphatic rings. The molecule has 0 radical (unpaired) electrons. The van der Waals surface area contributed by atoms with Gasteiger partial charge in [0.05, 0.1) is 10.5 Å². The number of para-hydroxylation sites is 2. The molecule has 0 fully saturated rings. The number of fused-ring (bicyclic) bond motifs is 1. The lowest BCUT2D eigenvalue weighted by molar-refractivity contribution is 0.427. The maximum atomic E-state index is 6.39. The molecule has 0 saturated heterocycles. The third kappa shape index (κ3) is 3.02. The number of hydrogen-bond donors (Lipinski definition) is 0. The van der Waals surface area contributed by atoms with Crippen LogP contribution >= 0.6 is 11.6 Å². The summed E-state index contributed by atoms with van der Waals surface area (Å²) in [5.41, 5.74) is 1.74. The highest BCUT2D eigenvalue weighted by molar-refractivity contribution is 6.32. The molecule has 136 valence electrons. The van der Waals surface area contributed by atoms with Gasteiger partial charge in [0.15, 0.2) is 0 Å². The van der Waals surface area contributed by atoms with Crippen LogP contribution in [0.4, 0.5) is 0 Å². The minimum absolute atomic E-state index is 0.390. The molecule has 0 saturated carbocycles. The van der Waals surface area contributed by atoms with E-state index in [9.17, 15) is 0 Å². The van der Waals surface area contributed by atoms with Gasteiger partial charge in [0, 0.05) is 17.1 Å². The van der Waals surface area contributed by atoms with Crippen molar-refractivity contribution in [3.05, 3.63) is 90.1 Å². The fourth-order valence-corrected chi connectivity index (χ4v) is 3.24. The molecule has 0 aliphatic heterocycles. The molecular formula is C22H14ClN3O2. The third-order valence-corrected chi connectivity index (χ3v) is 4.68. The molecule has 0 bridgehead atoms. The zero-order valence-corrected chi connectivity index (χ0v) is 15.4. The van der Waals surface area contributed by atoms with Crippen LogP contribution in [0.2, 0.25) is 5.02 Å². The number of nitrogens with zero attached hydrogens (tertiary/aromatic N) is 3. The first-order chi connectivity index (χ1) is 13.8. The molecule has 6 heteroatoms. The van der Waals surface area contributed by atoms with Crippen LogP contribution < -0.4 is 4.74 Å². The van der Waals surface area contributed by atoms with E-state index < -0.39 is 0 Å². The molecule has 5 nitrogen and oxygen atoms in total. The summed E-state index contributed by atoms with van der Waals surface area (Å²) >= 11 is 6.39. The van der Waals surface area contributed by atoms with Crippen molar-refractivity contribution in [2.45, 2.75) is 0 Å². The lowest BCUT2D eigenvalue weighted by Gasteiger charge is -2.07. The number of hydrogen-bond acceptors (Lipinski definition) is 4. The van der Waals surface area contributed by atoms with E-state index in [1.54, 1.807) is 12.1 Å². The van der Waals surface area contributed by atoms with Gasteiger partial charge in [-0.2, -0.15) is 4.98 Å². The molecule has 0 amide bonds. The maximum absolute atomic E-state index is 6.39. The van der Waals surface area contributed by atoms with E-state index in [-0.39, 0.29) is 0 Å². The van der Waals surface area contributed by atoms with E-state index in [1.807, 2.05) is 77.5 Å². The van der Waals surface area contributed by atoms with Crippen LogP contribution in [0.1, 0.15) is 0 Å². The van der Waals surface area contributed by atoms with Gasteiger partial charge in [-0.05, 0) is 47.6 Å². The lowest BCUT2D eigenvalue weighted by Crippen LogP contribution is -1.94. The smallest absolute Gasteiger partial charge is 0.275 e. The summed E-state index contributed by atoms with van der Waals surface area (Å²) in [5.74, 6) is 2.14. The van der Waals surface area contributed by atoms with Crippen molar-refractivity contribution < 1.29 is 9.26 Å². The van der Waals surface area contributed by atoms with E-state index in [4.69, 9.17) is 20.9 Å². The average molecular weight is 388 g/mol. The Kier molecular flexibility index (Phi) is 4.07. The quantitative estimate of drug-likeness (QED) is 0.372. The maximum Gasteiger partial charge on any atom is 0.275 e. The molecule has 0 spiro atoms. The molecule has 2 heterocycles. The molecule has 5 aromatic rings. The zero-order chi connectivity index (χ0) is 18.9. The lowest BCUT2D eigenvalue weighted by atomic mass is 10.2. The van der Waals surface area contributed by atoms with Gasteiger partial charge in [0.1, 0.15) is 11.5 Å². The van der Waals surface area contributed by atoms with Crippen LogP contribution in [-0.2, 0) is 0 Å². The predicted octanol–water partition coefficient (Wildman–Crippen LogP) is 6.13. The van der Waals surface area contributed by atoms with Crippen molar-refractivity contribution in [2.75, 3.05) is 0 Å². The van der Waals surface area contributed by atoms with Crippen LogP contribution in [-0.4, -0.2) is 14.7 Å². The van der Waals surface area contributed by atoms with Crippen molar-refractivity contribution >= 4 is 22.5 Å². The highest BCUT2D eigenvalue weighted by Crippen LogP contribution is 2.33. The zero-order valence-electron chi connectivity index (χ0n) is 14.6. The largest absolute Gasteiger partial charge is 0.456 e. The third-order valence-electron chi connectivity index (χ3n) is 4.38. The van der Waals surface area contributed by atoms with Crippen molar-refractivity contribution in [3.63, 3.8) is 0 Å². The van der Waals surface area contributed by atoms with Gasteiger partial charge in [-0.3, -0.25) is 4.57 Å². The fraction of sp³-hybridized carbons (Fsp3) is 0. The number of aromatic nitrogens is 3. The van der Waals surface area contributed by atoms with E-state index in [0.29, 0.717) is 22.6 Å². The highest BCUT2D eigenvalue weighted by atomic mass is 35.5. The fourth-order valence-electron chi connectivity index (χ4n) is 3.02. The van der Waals surface area contributed by atoms with Crippen LogP contribution in [0.25, 0.3) is 28.3 Å². The molecule has 2 aromatic heterocycles. The van der Waals surface area contributed by atoms with E-state index in [1.165, 1.54) is 0 Å². The first-order valence-corrected chi connectivity index (χ1v) is 9.09. The Morgan fingerprint density at radius 3 is 2.57 bits per heavy atom. The Morgan fingerprint density at radius 2 is 1.71 bits per heavy atom. The molecule has 28 heavy (non-hydrogen) atoms. The summed E-state index contributed by atoms with van der Waals surface area (Å²) in [7, 11) is 0. The van der Waals surface area contributed by atoms with Gasteiger partial charge < -0.3 is 9.26 Å². The van der Waals surface area contributed by atoms with Crippen LogP contribution in [0.3, 0.4) is 0 Å². The molecule has 0 atom stereocenters. The van der Waals surface area contributed by atoms with Crippen molar-refractivity contribution in [1.29, 1.82) is 0 Å². The van der Waals surface area contributed by atoms with Gasteiger partial charge in [0.25, 0.3) is 11.8 Å². The van der Waals surface area contributed by atoms with Crippen molar-refractivity contribution in [3.8, 4) is 28.9 Å². The van der Waals surface area contributed by atoms with Gasteiger partial charge in [-0.25, -0.2) is 0 Å². The number of rotatable bonds is 4. The Bertz CT molecular complexity index is 1260. The standard InChI is InChI=1S/C22H14ClN3O2/c23-18-14-16(10-11-20(18)27-17-7-2-1-3-8-17)21-24-22(25-28-21)26-13-12-15-6-4-5-9-19(15)26/h1-14H. The van der Waals surface area contributed by atoms with Gasteiger partial charge in [-0.1, -0.05) is 48.0 Å². The SMILES string of the molecule is Clc1cc(-c2nc(-n3ccc4ccccc43)no2)ccc1Oc1ccccc1. The van der Waals surface area contributed by atoms with E-state index in [2.05, 4.69) is 10.1 Å². The number of ether oxygens (including phenoxy) is 1. The molecule has 3 aromatic carbocycles. The molecular weight excluding hydrogens is 374 g/mol. The second-order valence-corrected chi connectivity index (χ2v) is 6.61. The van der Waals surface area contributed by atoms with Crippen LogP contribution in [0.5, 0.6) is 11.5 Å². The second kappa shape index (κ2) is 6.87. The Labute approximate surface area is 165 Å². The topological polar surface area (TPSA) is 53.1 Å². The monoisotopic (exact) mass is 387 g/mol. The van der Waals surface area contributed by atoms with E-state index in [0.717, 1.165) is 22.2 Å². The van der Waals surface area contributed by atoms with Gasteiger partial charge >= 0.3 is 0 Å². The minimum Gasteiger partial charge on any atom is -0.456 e. The van der Waals surface area contributed by atoms with Crippen LogP contribution in [0.15, 0.2) is 89.6 Å². The summed E-state index contributed by atoms with van der Waals surface area (Å²) in [6.07, 6.45) is 1.92. The summed E-state index contributed by atoms with van der Waals surface area (Å²) in [6.45, 7) is 0. The summed E-state index contributed by atoms with van der Waals surface area (Å²) < 4.78 is 13.2. The van der Waals surface area contributed by atoms with Gasteiger partial charge in [-0.15, -0.1) is 0 Å². The van der Waals surface area contributed by atoms with Gasteiger partial charge in [0.2, 0.25) is 0 Å². The molecule has 0 N–H and O–H groups in total. The summed E-state index contributed by atoms with van der Waals surface area (Å²) in [5, 5.41) is 5.68. The van der Waals surface area contributed by atoms with Crippen molar-refractivity contribution in [2.24, 2.45) is 0 Å². The van der Waals surface area contributed by atoms with Crippen LogP contribution in [0, 0.1) is 0 Å². The molecule has 0 unspecified atom stereocenters. The first kappa shape index (κ1) is 16.6. The Balaban J connectivity index is 1.45. The highest BCUT2D eigenvalue weighted by Gasteiger charge is 2.14. The second-order valence-electron chi connectivity index (χ2n) is 6.20. The molecule has 0 aliphatic carbocycles.